The van der Waals surface area contributed by atoms with Gasteiger partial charge in [-0.25, -0.2) is 0 Å². The highest BCUT2D eigenvalue weighted by Gasteiger charge is 2.42. The van der Waals surface area contributed by atoms with Gasteiger partial charge in [0.15, 0.2) is 0 Å². The quantitative estimate of drug-likeness (QED) is 0.887. The highest BCUT2D eigenvalue weighted by atomic mass is 16.3. The van der Waals surface area contributed by atoms with E-state index in [1.807, 2.05) is 0 Å². The largest absolute Gasteiger partial charge is 0.395 e. The van der Waals surface area contributed by atoms with Gasteiger partial charge in [0.1, 0.15) is 0 Å². The van der Waals surface area contributed by atoms with Crippen molar-refractivity contribution in [2.75, 3.05) is 13.2 Å². The van der Waals surface area contributed by atoms with Gasteiger partial charge in [-0.1, -0.05) is 48.5 Å². The summed E-state index contributed by atoms with van der Waals surface area (Å²) in [6.45, 7) is 0.974. The summed E-state index contributed by atoms with van der Waals surface area (Å²) in [6.07, 6.45) is 1.06. The van der Waals surface area contributed by atoms with Crippen LogP contribution in [0.1, 0.15) is 34.3 Å². The van der Waals surface area contributed by atoms with Crippen molar-refractivity contribution in [2.24, 2.45) is 0 Å². The summed E-state index contributed by atoms with van der Waals surface area (Å²) in [5.41, 5.74) is 5.74. The maximum Gasteiger partial charge on any atom is 0.0614 e. The van der Waals surface area contributed by atoms with Crippen molar-refractivity contribution in [2.45, 2.75) is 18.5 Å². The van der Waals surface area contributed by atoms with E-state index in [1.54, 1.807) is 0 Å². The molecule has 0 spiro atoms. The predicted molar refractivity (Wildman–Crippen MR) is 75.0 cm³/mol. The molecule has 4 rings (SSSR count). The van der Waals surface area contributed by atoms with Crippen LogP contribution in [-0.2, 0) is 6.42 Å². The minimum absolute atomic E-state index is 0.225. The molecule has 2 aliphatic heterocycles. The Morgan fingerprint density at radius 2 is 1.63 bits per heavy atom. The Labute approximate surface area is 113 Å². The molecular formula is C17H17NO. The molecular weight excluding hydrogens is 234 g/mol. The molecule has 0 aromatic heterocycles. The normalized spacial score (nSPS) is 24.1. The monoisotopic (exact) mass is 251 g/mol. The Morgan fingerprint density at radius 3 is 2.42 bits per heavy atom. The molecule has 0 saturated carbocycles. The predicted octanol–water partition coefficient (Wildman–Crippen LogP) is 2.68. The lowest BCUT2D eigenvalue weighted by Gasteiger charge is -2.36. The van der Waals surface area contributed by atoms with Crippen molar-refractivity contribution in [1.82, 2.24) is 4.90 Å². The molecule has 2 unspecified atom stereocenters. The van der Waals surface area contributed by atoms with Gasteiger partial charge in [-0.15, -0.1) is 0 Å². The van der Waals surface area contributed by atoms with Gasteiger partial charge in [-0.2, -0.15) is 0 Å². The third kappa shape index (κ3) is 1.50. The summed E-state index contributed by atoms with van der Waals surface area (Å²) < 4.78 is 0. The van der Waals surface area contributed by atoms with Gasteiger partial charge >= 0.3 is 0 Å². The van der Waals surface area contributed by atoms with Gasteiger partial charge < -0.3 is 5.11 Å². The Hall–Kier alpha value is -1.64. The third-order valence-corrected chi connectivity index (χ3v) is 4.50. The van der Waals surface area contributed by atoms with Crippen LogP contribution in [0.2, 0.25) is 0 Å². The molecule has 2 aromatic carbocycles. The zero-order chi connectivity index (χ0) is 12.8. The van der Waals surface area contributed by atoms with Crippen LogP contribution in [0, 0.1) is 0 Å². The third-order valence-electron chi connectivity index (χ3n) is 4.50. The number of hydrogen-bond acceptors (Lipinski definition) is 2. The number of fused-ring (bicyclic) bond motifs is 7. The zero-order valence-electron chi connectivity index (χ0n) is 10.8. The highest BCUT2D eigenvalue weighted by Crippen LogP contribution is 2.51. The number of hydrogen-bond donors (Lipinski definition) is 1. The van der Waals surface area contributed by atoms with Gasteiger partial charge in [0.2, 0.25) is 0 Å². The molecule has 0 saturated heterocycles. The average molecular weight is 251 g/mol. The molecule has 0 aliphatic carbocycles. The highest BCUT2D eigenvalue weighted by molar-refractivity contribution is 5.50. The Bertz CT molecular complexity index is 611. The van der Waals surface area contributed by atoms with Crippen molar-refractivity contribution in [3.8, 4) is 0 Å². The number of aliphatic hydroxyl groups excluding tert-OH is 1. The first kappa shape index (κ1) is 11.2. The summed E-state index contributed by atoms with van der Waals surface area (Å²) in [7, 11) is 0. The Kier molecular flexibility index (Phi) is 2.47. The molecule has 0 radical (unpaired) electrons. The van der Waals surface area contributed by atoms with E-state index in [0.717, 1.165) is 13.0 Å². The van der Waals surface area contributed by atoms with Crippen LogP contribution < -0.4 is 0 Å². The fraction of sp³-hybridized carbons (Fsp3) is 0.294. The smallest absolute Gasteiger partial charge is 0.0614 e. The molecule has 2 nitrogen and oxygen atoms in total. The second-order valence-electron chi connectivity index (χ2n) is 5.41. The van der Waals surface area contributed by atoms with Crippen molar-refractivity contribution < 1.29 is 5.11 Å². The first-order chi connectivity index (χ1) is 9.40. The molecule has 0 fully saturated rings. The van der Waals surface area contributed by atoms with E-state index in [4.69, 9.17) is 0 Å². The summed E-state index contributed by atoms with van der Waals surface area (Å²) in [5.74, 6) is 0. The van der Waals surface area contributed by atoms with E-state index in [-0.39, 0.29) is 6.61 Å². The molecule has 1 N–H and O–H groups in total. The maximum atomic E-state index is 9.37. The lowest BCUT2D eigenvalue weighted by Crippen LogP contribution is -2.34. The minimum Gasteiger partial charge on any atom is -0.395 e. The van der Waals surface area contributed by atoms with Gasteiger partial charge in [-0.05, 0) is 28.7 Å². The number of nitrogens with zero attached hydrogens (tertiary/aromatic N) is 1. The van der Waals surface area contributed by atoms with Crippen LogP contribution in [0.4, 0.5) is 0 Å². The van der Waals surface area contributed by atoms with Crippen LogP contribution in [0.25, 0.3) is 0 Å². The lowest BCUT2D eigenvalue weighted by atomic mass is 9.91. The molecule has 2 atom stereocenters. The lowest BCUT2D eigenvalue weighted by molar-refractivity contribution is 0.128. The van der Waals surface area contributed by atoms with Gasteiger partial charge in [-0.3, -0.25) is 4.90 Å². The summed E-state index contributed by atoms with van der Waals surface area (Å²) >= 11 is 0. The first-order valence-corrected chi connectivity index (χ1v) is 6.93. The molecule has 2 heterocycles. The van der Waals surface area contributed by atoms with Crippen LogP contribution in [0.15, 0.2) is 48.5 Å². The standard InChI is InChI=1S/C17H17NO/c19-10-9-18-16-11-12-5-1-2-6-13(12)17(18)15-8-4-3-7-14(15)16/h1-8,16-17,19H,9-11H2. The number of rotatable bonds is 2. The number of aliphatic hydroxyl groups is 1. The average Bonchev–Trinajstić information content (AvgIpc) is 2.67. The van der Waals surface area contributed by atoms with E-state index in [1.165, 1.54) is 22.3 Å². The van der Waals surface area contributed by atoms with E-state index in [2.05, 4.69) is 53.4 Å². The van der Waals surface area contributed by atoms with Crippen molar-refractivity contribution in [1.29, 1.82) is 0 Å². The Balaban J connectivity index is 1.92. The van der Waals surface area contributed by atoms with Gasteiger partial charge in [0.25, 0.3) is 0 Å². The molecule has 96 valence electrons. The molecule has 2 heteroatoms. The van der Waals surface area contributed by atoms with Crippen LogP contribution in [0.3, 0.4) is 0 Å². The molecule has 19 heavy (non-hydrogen) atoms. The van der Waals surface area contributed by atoms with Crippen molar-refractivity contribution >= 4 is 0 Å². The van der Waals surface area contributed by atoms with E-state index >= 15 is 0 Å². The first-order valence-electron chi connectivity index (χ1n) is 6.93. The van der Waals surface area contributed by atoms with E-state index in [0.29, 0.717) is 12.1 Å². The summed E-state index contributed by atoms with van der Waals surface area (Å²) in [4.78, 5) is 2.45. The van der Waals surface area contributed by atoms with Gasteiger partial charge in [0.05, 0.1) is 12.6 Å². The molecule has 2 bridgehead atoms. The summed E-state index contributed by atoms with van der Waals surface area (Å²) in [6, 6.07) is 18.2. The maximum absolute atomic E-state index is 9.37. The van der Waals surface area contributed by atoms with E-state index < -0.39 is 0 Å². The van der Waals surface area contributed by atoms with Crippen LogP contribution in [0.5, 0.6) is 0 Å². The fourth-order valence-electron chi connectivity index (χ4n) is 3.77. The second-order valence-corrected chi connectivity index (χ2v) is 5.41. The SMILES string of the molecule is OCCN1C2Cc3ccccc3C1c1ccccc12. The molecule has 2 aliphatic rings. The topological polar surface area (TPSA) is 23.5 Å². The fourth-order valence-corrected chi connectivity index (χ4v) is 3.77. The molecule has 2 aromatic rings. The van der Waals surface area contributed by atoms with Gasteiger partial charge in [0, 0.05) is 12.6 Å². The van der Waals surface area contributed by atoms with Crippen molar-refractivity contribution in [3.63, 3.8) is 0 Å². The second kappa shape index (κ2) is 4.19. The Morgan fingerprint density at radius 1 is 0.947 bits per heavy atom. The van der Waals surface area contributed by atoms with Crippen LogP contribution >= 0.6 is 0 Å². The van der Waals surface area contributed by atoms with Crippen LogP contribution in [-0.4, -0.2) is 23.2 Å². The molecule has 0 amide bonds. The number of benzene rings is 2. The van der Waals surface area contributed by atoms with Crippen molar-refractivity contribution in [3.05, 3.63) is 70.8 Å². The summed E-state index contributed by atoms with van der Waals surface area (Å²) in [5, 5.41) is 9.37. The van der Waals surface area contributed by atoms with E-state index in [9.17, 15) is 5.11 Å². The minimum atomic E-state index is 0.225. The zero-order valence-corrected chi connectivity index (χ0v) is 10.8.